The van der Waals surface area contributed by atoms with E-state index in [9.17, 15) is 4.79 Å². The average molecular weight is 347 g/mol. The fourth-order valence-electron chi connectivity index (χ4n) is 2.45. The maximum absolute atomic E-state index is 11.6. The van der Waals surface area contributed by atoms with Gasteiger partial charge in [0.15, 0.2) is 0 Å². The number of nitrogens with zero attached hydrogens (tertiary/aromatic N) is 1. The van der Waals surface area contributed by atoms with Gasteiger partial charge in [-0.2, -0.15) is 0 Å². The first-order chi connectivity index (χ1) is 9.10. The molecule has 1 fully saturated rings. The summed E-state index contributed by atoms with van der Waals surface area (Å²) in [5.74, 6) is -0.112. The van der Waals surface area contributed by atoms with Gasteiger partial charge in [0.25, 0.3) is 0 Å². The highest BCUT2D eigenvalue weighted by Crippen LogP contribution is 2.25. The van der Waals surface area contributed by atoms with Gasteiger partial charge in [-0.15, -0.1) is 0 Å². The number of hydrogen-bond acceptors (Lipinski definition) is 3. The normalized spacial score (nSPS) is 20.3. The highest BCUT2D eigenvalue weighted by molar-refractivity contribution is 9.10. The molecule has 2 rings (SSSR count). The highest BCUT2D eigenvalue weighted by atomic mass is 79.9. The number of carbonyl (C=O) groups is 1. The predicted molar refractivity (Wildman–Crippen MR) is 79.2 cm³/mol. The molecule has 0 aromatic heterocycles. The molecule has 0 unspecified atom stereocenters. The maximum Gasteiger partial charge on any atom is 0.309 e. The Kier molecular flexibility index (Phi) is 5.25. The van der Waals surface area contributed by atoms with E-state index < -0.39 is 0 Å². The van der Waals surface area contributed by atoms with E-state index in [2.05, 4.69) is 20.8 Å². The van der Waals surface area contributed by atoms with Crippen molar-refractivity contribution >= 4 is 33.5 Å². The number of benzene rings is 1. The van der Waals surface area contributed by atoms with Crippen LogP contribution in [0.3, 0.4) is 0 Å². The number of esters is 1. The first-order valence-corrected chi connectivity index (χ1v) is 7.51. The number of carbonyl (C=O) groups excluding carboxylic acids is 1. The van der Waals surface area contributed by atoms with Crippen molar-refractivity contribution in [2.75, 3.05) is 20.2 Å². The molecule has 1 saturated heterocycles. The van der Waals surface area contributed by atoms with Crippen LogP contribution < -0.4 is 0 Å². The van der Waals surface area contributed by atoms with Gasteiger partial charge >= 0.3 is 5.97 Å². The zero-order chi connectivity index (χ0) is 13.8. The lowest BCUT2D eigenvalue weighted by atomic mass is 9.98. The summed E-state index contributed by atoms with van der Waals surface area (Å²) in [7, 11) is 1.45. The molecule has 0 amide bonds. The third kappa shape index (κ3) is 3.94. The number of likely N-dealkylation sites (tertiary alicyclic amines) is 1. The van der Waals surface area contributed by atoms with E-state index in [1.807, 2.05) is 18.2 Å². The molecule has 1 atom stereocenters. The number of rotatable bonds is 3. The third-order valence-corrected chi connectivity index (χ3v) is 4.29. The molecule has 1 heterocycles. The maximum atomic E-state index is 11.6. The zero-order valence-corrected chi connectivity index (χ0v) is 13.2. The number of hydrogen-bond donors (Lipinski definition) is 0. The molecule has 3 nitrogen and oxygen atoms in total. The smallest absolute Gasteiger partial charge is 0.309 e. The van der Waals surface area contributed by atoms with E-state index >= 15 is 0 Å². The second-order valence-electron chi connectivity index (χ2n) is 4.83. The molecule has 1 aliphatic rings. The molecule has 0 bridgehead atoms. The van der Waals surface area contributed by atoms with Crippen LogP contribution in [0.25, 0.3) is 0 Å². The van der Waals surface area contributed by atoms with Gasteiger partial charge in [0, 0.05) is 22.6 Å². The first kappa shape index (κ1) is 14.8. The van der Waals surface area contributed by atoms with E-state index in [0.717, 1.165) is 47.5 Å². The van der Waals surface area contributed by atoms with Crippen LogP contribution in [0.1, 0.15) is 18.4 Å². The fourth-order valence-corrected chi connectivity index (χ4v) is 3.18. The van der Waals surface area contributed by atoms with Crippen molar-refractivity contribution < 1.29 is 9.53 Å². The average Bonchev–Trinajstić information content (AvgIpc) is 2.41. The summed E-state index contributed by atoms with van der Waals surface area (Å²) in [4.78, 5) is 13.9. The summed E-state index contributed by atoms with van der Waals surface area (Å²) in [6.45, 7) is 2.53. The standard InChI is InChI=1S/C14H17BrClNO2/c1-19-14(18)11-3-2-6-17(9-11)8-10-4-5-12(15)7-13(10)16/h4-5,7,11H,2-3,6,8-9H2,1H3/t11-/m0/s1. The first-order valence-electron chi connectivity index (χ1n) is 6.34. The van der Waals surface area contributed by atoms with Crippen molar-refractivity contribution in [1.82, 2.24) is 4.90 Å². The van der Waals surface area contributed by atoms with Gasteiger partial charge in [-0.05, 0) is 37.1 Å². The van der Waals surface area contributed by atoms with Crippen LogP contribution >= 0.6 is 27.5 Å². The highest BCUT2D eigenvalue weighted by Gasteiger charge is 2.26. The van der Waals surface area contributed by atoms with Gasteiger partial charge in [-0.3, -0.25) is 9.69 Å². The van der Waals surface area contributed by atoms with E-state index in [0.29, 0.717) is 0 Å². The Morgan fingerprint density at radius 2 is 2.37 bits per heavy atom. The molecule has 0 N–H and O–H groups in total. The Morgan fingerprint density at radius 3 is 3.05 bits per heavy atom. The van der Waals surface area contributed by atoms with Gasteiger partial charge in [-0.1, -0.05) is 33.6 Å². The van der Waals surface area contributed by atoms with Gasteiger partial charge in [0.05, 0.1) is 13.0 Å². The summed E-state index contributed by atoms with van der Waals surface area (Å²) >= 11 is 9.63. The Bertz CT molecular complexity index is 467. The minimum Gasteiger partial charge on any atom is -0.469 e. The molecular weight excluding hydrogens is 330 g/mol. The van der Waals surface area contributed by atoms with Crippen molar-refractivity contribution in [1.29, 1.82) is 0 Å². The molecule has 1 aliphatic heterocycles. The fraction of sp³-hybridized carbons (Fsp3) is 0.500. The summed E-state index contributed by atoms with van der Waals surface area (Å²) in [6.07, 6.45) is 1.94. The summed E-state index contributed by atoms with van der Waals surface area (Å²) in [5, 5.41) is 0.759. The van der Waals surface area contributed by atoms with Crippen LogP contribution in [0.15, 0.2) is 22.7 Å². The largest absolute Gasteiger partial charge is 0.469 e. The van der Waals surface area contributed by atoms with Gasteiger partial charge < -0.3 is 4.74 Å². The quantitative estimate of drug-likeness (QED) is 0.785. The Hall–Kier alpha value is -0.580. The van der Waals surface area contributed by atoms with Gasteiger partial charge in [-0.25, -0.2) is 0 Å². The van der Waals surface area contributed by atoms with Crippen LogP contribution in [0.4, 0.5) is 0 Å². The van der Waals surface area contributed by atoms with E-state index in [-0.39, 0.29) is 11.9 Å². The molecule has 5 heteroatoms. The summed E-state index contributed by atoms with van der Waals surface area (Å²) < 4.78 is 5.81. The lowest BCUT2D eigenvalue weighted by molar-refractivity contribution is -0.147. The topological polar surface area (TPSA) is 29.5 Å². The molecule has 19 heavy (non-hydrogen) atoms. The molecule has 0 radical (unpaired) electrons. The van der Waals surface area contributed by atoms with Crippen LogP contribution in [0.5, 0.6) is 0 Å². The second-order valence-corrected chi connectivity index (χ2v) is 6.16. The van der Waals surface area contributed by atoms with E-state index in [1.165, 1.54) is 7.11 Å². The summed E-state index contributed by atoms with van der Waals surface area (Å²) in [6, 6.07) is 5.91. The van der Waals surface area contributed by atoms with Crippen LogP contribution in [0.2, 0.25) is 5.02 Å². The molecule has 1 aromatic rings. The summed E-state index contributed by atoms with van der Waals surface area (Å²) in [5.41, 5.74) is 1.09. The zero-order valence-electron chi connectivity index (χ0n) is 10.9. The molecule has 1 aromatic carbocycles. The van der Waals surface area contributed by atoms with Crippen LogP contribution in [-0.4, -0.2) is 31.1 Å². The molecule has 0 spiro atoms. The lowest BCUT2D eigenvalue weighted by Gasteiger charge is -2.31. The van der Waals surface area contributed by atoms with E-state index in [1.54, 1.807) is 0 Å². The van der Waals surface area contributed by atoms with Gasteiger partial charge in [0.1, 0.15) is 0 Å². The number of methoxy groups -OCH3 is 1. The Morgan fingerprint density at radius 1 is 1.58 bits per heavy atom. The molecule has 104 valence electrons. The molecular formula is C14H17BrClNO2. The number of halogens is 2. The molecule has 0 aliphatic carbocycles. The Labute approximate surface area is 127 Å². The van der Waals surface area contributed by atoms with Gasteiger partial charge in [0.2, 0.25) is 0 Å². The lowest BCUT2D eigenvalue weighted by Crippen LogP contribution is -2.38. The number of piperidine rings is 1. The SMILES string of the molecule is COC(=O)[C@H]1CCCN(Cc2ccc(Br)cc2Cl)C1. The van der Waals surface area contributed by atoms with Crippen molar-refractivity contribution in [3.05, 3.63) is 33.3 Å². The van der Waals surface area contributed by atoms with Crippen molar-refractivity contribution in [2.45, 2.75) is 19.4 Å². The predicted octanol–water partition coefficient (Wildman–Crippen LogP) is 3.49. The van der Waals surface area contributed by atoms with Crippen molar-refractivity contribution in [3.8, 4) is 0 Å². The molecule has 0 saturated carbocycles. The van der Waals surface area contributed by atoms with Crippen molar-refractivity contribution in [3.63, 3.8) is 0 Å². The minimum atomic E-state index is -0.105. The van der Waals surface area contributed by atoms with E-state index in [4.69, 9.17) is 16.3 Å². The minimum absolute atomic E-state index is 0.00651. The monoisotopic (exact) mass is 345 g/mol. The Balaban J connectivity index is 2.00. The van der Waals surface area contributed by atoms with Crippen molar-refractivity contribution in [2.24, 2.45) is 5.92 Å². The van der Waals surface area contributed by atoms with Crippen LogP contribution in [0, 0.1) is 5.92 Å². The third-order valence-electron chi connectivity index (χ3n) is 3.45. The van der Waals surface area contributed by atoms with Crippen LogP contribution in [-0.2, 0) is 16.1 Å². The number of ether oxygens (including phenoxy) is 1. The second kappa shape index (κ2) is 6.73.